The summed E-state index contributed by atoms with van der Waals surface area (Å²) < 4.78 is 28.0. The predicted molar refractivity (Wildman–Crippen MR) is 123 cm³/mol. The normalized spacial score (nSPS) is 17.8. The molecule has 6 nitrogen and oxygen atoms in total. The number of aromatic nitrogens is 2. The average molecular weight is 444 g/mol. The molecule has 0 radical (unpaired) electrons. The highest BCUT2D eigenvalue weighted by molar-refractivity contribution is 7.92. The zero-order valence-corrected chi connectivity index (χ0v) is 18.0. The zero-order chi connectivity index (χ0) is 22.1. The lowest BCUT2D eigenvalue weighted by atomic mass is 10.0. The van der Waals surface area contributed by atoms with Crippen molar-refractivity contribution in [2.45, 2.75) is 23.7 Å². The van der Waals surface area contributed by atoms with Crippen LogP contribution in [0.4, 0.5) is 5.82 Å². The van der Waals surface area contributed by atoms with Gasteiger partial charge in [-0.15, -0.1) is 0 Å². The summed E-state index contributed by atoms with van der Waals surface area (Å²) in [6, 6.07) is 19.8. The van der Waals surface area contributed by atoms with Crippen LogP contribution in [0.1, 0.15) is 23.5 Å². The monoisotopic (exact) mass is 443 g/mol. The molecule has 7 heteroatoms. The van der Waals surface area contributed by atoms with Crippen LogP contribution < -0.4 is 4.72 Å². The number of benzene rings is 2. The molecule has 2 atom stereocenters. The number of Topliss-reactive ketones (excluding diaryl/α,β-unsaturated/α-hetero) is 1. The van der Waals surface area contributed by atoms with Crippen LogP contribution in [0.15, 0.2) is 90.2 Å². The molecule has 1 saturated carbocycles. The summed E-state index contributed by atoms with van der Waals surface area (Å²) in [6.07, 6.45) is 6.20. The molecule has 2 aromatic carbocycles. The van der Waals surface area contributed by atoms with E-state index in [0.29, 0.717) is 6.42 Å². The van der Waals surface area contributed by atoms with Crippen molar-refractivity contribution < 1.29 is 13.2 Å². The first kappa shape index (κ1) is 20.3. The van der Waals surface area contributed by atoms with E-state index >= 15 is 0 Å². The maximum absolute atomic E-state index is 12.9. The van der Waals surface area contributed by atoms with Crippen molar-refractivity contribution >= 4 is 32.4 Å². The van der Waals surface area contributed by atoms with Crippen molar-refractivity contribution in [2.75, 3.05) is 4.72 Å². The van der Waals surface area contributed by atoms with Gasteiger partial charge < -0.3 is 0 Å². The Balaban J connectivity index is 1.29. The molecule has 5 rings (SSSR count). The molecular formula is C25H21N3O3S. The quantitative estimate of drug-likeness (QED) is 0.459. The van der Waals surface area contributed by atoms with Crippen LogP contribution in [0.3, 0.4) is 0 Å². The predicted octanol–water partition coefficient (Wildman–Crippen LogP) is 4.35. The lowest BCUT2D eigenvalue weighted by Gasteiger charge is -2.09. The van der Waals surface area contributed by atoms with Crippen LogP contribution >= 0.6 is 0 Å². The Hall–Kier alpha value is -3.58. The lowest BCUT2D eigenvalue weighted by molar-refractivity contribution is -0.119. The molecule has 1 aliphatic carbocycles. The van der Waals surface area contributed by atoms with Crippen molar-refractivity contribution in [3.63, 3.8) is 0 Å². The van der Waals surface area contributed by atoms with Crippen molar-refractivity contribution in [1.29, 1.82) is 0 Å². The smallest absolute Gasteiger partial charge is 0.263 e. The number of fused-ring (bicyclic) bond motifs is 1. The lowest BCUT2D eigenvalue weighted by Crippen LogP contribution is -2.14. The maximum Gasteiger partial charge on any atom is 0.263 e. The number of anilines is 1. The van der Waals surface area contributed by atoms with Gasteiger partial charge in [0.05, 0.1) is 4.90 Å². The van der Waals surface area contributed by atoms with Crippen molar-refractivity contribution in [2.24, 2.45) is 5.92 Å². The van der Waals surface area contributed by atoms with Gasteiger partial charge in [-0.1, -0.05) is 36.4 Å². The van der Waals surface area contributed by atoms with Crippen LogP contribution in [-0.4, -0.2) is 24.2 Å². The summed E-state index contributed by atoms with van der Waals surface area (Å²) in [6.45, 7) is 0. The second-order valence-corrected chi connectivity index (χ2v) is 9.72. The minimum Gasteiger partial charge on any atom is -0.299 e. The molecular weight excluding hydrogens is 422 g/mol. The summed E-state index contributed by atoms with van der Waals surface area (Å²) in [7, 11) is -3.75. The van der Waals surface area contributed by atoms with Crippen LogP contribution in [0.2, 0.25) is 0 Å². The van der Waals surface area contributed by atoms with Gasteiger partial charge in [-0.3, -0.25) is 14.5 Å². The summed E-state index contributed by atoms with van der Waals surface area (Å²) in [5.41, 5.74) is 1.85. The number of rotatable bonds is 7. The molecule has 0 bridgehead atoms. The van der Waals surface area contributed by atoms with Gasteiger partial charge in [0, 0.05) is 36.3 Å². The van der Waals surface area contributed by atoms with Gasteiger partial charge >= 0.3 is 0 Å². The molecule has 32 heavy (non-hydrogen) atoms. The highest BCUT2D eigenvalue weighted by Crippen LogP contribution is 2.48. The van der Waals surface area contributed by atoms with E-state index in [2.05, 4.69) is 14.7 Å². The Morgan fingerprint density at radius 1 is 0.969 bits per heavy atom. The van der Waals surface area contributed by atoms with E-state index in [4.69, 9.17) is 0 Å². The van der Waals surface area contributed by atoms with E-state index in [1.165, 1.54) is 6.20 Å². The molecule has 0 saturated heterocycles. The van der Waals surface area contributed by atoms with Crippen LogP contribution in [0.25, 0.3) is 10.8 Å². The number of carbonyl (C=O) groups excluding carboxylic acids is 1. The van der Waals surface area contributed by atoms with Crippen molar-refractivity contribution in [3.05, 3.63) is 96.4 Å². The number of pyridine rings is 2. The Morgan fingerprint density at radius 3 is 2.72 bits per heavy atom. The van der Waals surface area contributed by atoms with Crippen LogP contribution in [-0.2, 0) is 21.2 Å². The molecule has 0 amide bonds. The number of ketones is 1. The third-order valence-electron chi connectivity index (χ3n) is 5.79. The molecule has 2 aromatic heterocycles. The summed E-state index contributed by atoms with van der Waals surface area (Å²) >= 11 is 0. The van der Waals surface area contributed by atoms with Gasteiger partial charge in [-0.25, -0.2) is 13.4 Å². The molecule has 4 aromatic rings. The topological polar surface area (TPSA) is 89.0 Å². The second kappa shape index (κ2) is 8.16. The van der Waals surface area contributed by atoms with E-state index in [1.807, 2.05) is 36.5 Å². The van der Waals surface area contributed by atoms with Gasteiger partial charge in [0.15, 0.2) is 0 Å². The standard InChI is InChI=1S/C25H21N3O3S/c29-24(13-17-7-8-20-16-26-11-9-18(20)12-17)23-15-22(23)19-4-3-5-21(14-19)32(30,31)28-25-6-1-2-10-27-25/h1-12,14,16,22-23H,13,15H2,(H,27,28)/t22-,23+/m0/s1. The minimum atomic E-state index is -3.75. The number of nitrogens with zero attached hydrogens (tertiary/aromatic N) is 2. The van der Waals surface area contributed by atoms with Gasteiger partial charge in [0.25, 0.3) is 10.0 Å². The molecule has 0 spiro atoms. The summed E-state index contributed by atoms with van der Waals surface area (Å²) in [5.74, 6) is 0.425. The van der Waals surface area contributed by atoms with Gasteiger partial charge in [0.2, 0.25) is 0 Å². The Bertz CT molecular complexity index is 1400. The average Bonchev–Trinajstić information content (AvgIpc) is 3.61. The minimum absolute atomic E-state index is 0.0529. The first-order valence-electron chi connectivity index (χ1n) is 10.4. The maximum atomic E-state index is 12.9. The Morgan fingerprint density at radius 2 is 1.88 bits per heavy atom. The largest absolute Gasteiger partial charge is 0.299 e. The SMILES string of the molecule is O=C(Cc1ccc2cnccc2c1)[C@@H]1C[C@H]1c1cccc(S(=O)(=O)Nc2ccccn2)c1. The van der Waals surface area contributed by atoms with E-state index in [9.17, 15) is 13.2 Å². The number of carbonyl (C=O) groups is 1. The third kappa shape index (κ3) is 4.24. The molecule has 2 heterocycles. The highest BCUT2D eigenvalue weighted by atomic mass is 32.2. The van der Waals surface area contributed by atoms with Gasteiger partial charge in [-0.2, -0.15) is 0 Å². The fourth-order valence-corrected chi connectivity index (χ4v) is 5.09. The van der Waals surface area contributed by atoms with Crippen LogP contribution in [0.5, 0.6) is 0 Å². The molecule has 1 aliphatic rings. The van der Waals surface area contributed by atoms with Crippen LogP contribution in [0, 0.1) is 5.92 Å². The number of hydrogen-bond acceptors (Lipinski definition) is 5. The molecule has 1 fully saturated rings. The van der Waals surface area contributed by atoms with E-state index in [0.717, 1.165) is 28.3 Å². The third-order valence-corrected chi connectivity index (χ3v) is 7.14. The summed E-state index contributed by atoms with van der Waals surface area (Å²) in [4.78, 5) is 21.2. The Kier molecular flexibility index (Phi) is 5.19. The van der Waals surface area contributed by atoms with E-state index < -0.39 is 10.0 Å². The highest BCUT2D eigenvalue weighted by Gasteiger charge is 2.43. The molecule has 0 aliphatic heterocycles. The van der Waals surface area contributed by atoms with Gasteiger partial charge in [0.1, 0.15) is 11.6 Å². The number of sulfonamides is 1. The fourth-order valence-electron chi connectivity index (χ4n) is 4.03. The molecule has 1 N–H and O–H groups in total. The van der Waals surface area contributed by atoms with E-state index in [-0.39, 0.29) is 28.3 Å². The van der Waals surface area contributed by atoms with Crippen molar-refractivity contribution in [3.8, 4) is 0 Å². The number of hydrogen-bond donors (Lipinski definition) is 1. The first-order valence-corrected chi connectivity index (χ1v) is 11.9. The van der Waals surface area contributed by atoms with E-state index in [1.54, 1.807) is 42.6 Å². The Labute approximate surface area is 186 Å². The second-order valence-electron chi connectivity index (χ2n) is 8.04. The molecule has 0 unspecified atom stereocenters. The first-order chi connectivity index (χ1) is 15.5. The molecule has 160 valence electrons. The zero-order valence-electron chi connectivity index (χ0n) is 17.2. The fraction of sp³-hybridized carbons (Fsp3) is 0.160. The van der Waals surface area contributed by atoms with Gasteiger partial charge in [-0.05, 0) is 59.2 Å². The van der Waals surface area contributed by atoms with Crippen molar-refractivity contribution in [1.82, 2.24) is 9.97 Å². The number of nitrogens with one attached hydrogen (secondary N) is 1. The summed E-state index contributed by atoms with van der Waals surface area (Å²) in [5, 5.41) is 2.11.